The Morgan fingerprint density at radius 3 is 2.27 bits per heavy atom. The average Bonchev–Trinajstić information content (AvgIpc) is 2.80. The van der Waals surface area contributed by atoms with Gasteiger partial charge in [-0.1, -0.05) is 20.8 Å². The molecule has 0 radical (unpaired) electrons. The van der Waals surface area contributed by atoms with Crippen molar-refractivity contribution >= 4 is 26.0 Å². The Labute approximate surface area is 162 Å². The standard InChI is InChI=1S/C18H34O6SSi/c1-11(19)21-15-14-13(23-18(5,6)24-14)12(22-16(15)25-7)10-20-26(8,9)17(2,3)4/h12-16H,10H2,1-9H3/t12-,13+,14+,15-,16?/m1/s1. The molecule has 0 bridgehead atoms. The number of ether oxygens (including phenoxy) is 4. The quantitative estimate of drug-likeness (QED) is 0.511. The molecule has 0 aromatic heterocycles. The number of hydrogen-bond acceptors (Lipinski definition) is 7. The Bertz CT molecular complexity index is 518. The Morgan fingerprint density at radius 2 is 1.77 bits per heavy atom. The topological polar surface area (TPSA) is 63.2 Å². The Hall–Kier alpha value is -0.123. The van der Waals surface area contributed by atoms with Gasteiger partial charge in [-0.2, -0.15) is 0 Å². The molecule has 152 valence electrons. The molecular weight excluding hydrogens is 372 g/mol. The maximum Gasteiger partial charge on any atom is 0.303 e. The number of hydrogen-bond donors (Lipinski definition) is 0. The monoisotopic (exact) mass is 406 g/mol. The molecule has 2 saturated heterocycles. The van der Waals surface area contributed by atoms with E-state index >= 15 is 0 Å². The third-order valence-corrected chi connectivity index (χ3v) is 10.7. The summed E-state index contributed by atoms with van der Waals surface area (Å²) in [5.74, 6) is -1.10. The molecule has 0 N–H and O–H groups in total. The van der Waals surface area contributed by atoms with Crippen LogP contribution < -0.4 is 0 Å². The second-order valence-corrected chi connectivity index (χ2v) is 14.7. The zero-order valence-electron chi connectivity index (χ0n) is 17.5. The van der Waals surface area contributed by atoms with Crippen molar-refractivity contribution in [1.82, 2.24) is 0 Å². The summed E-state index contributed by atoms with van der Waals surface area (Å²) in [6.07, 6.45) is 0.475. The Morgan fingerprint density at radius 1 is 1.19 bits per heavy atom. The second-order valence-electron chi connectivity index (χ2n) is 8.99. The predicted octanol–water partition coefficient (Wildman–Crippen LogP) is 3.55. The van der Waals surface area contributed by atoms with Gasteiger partial charge in [0.1, 0.15) is 23.7 Å². The normalized spacial score (nSPS) is 34.4. The van der Waals surface area contributed by atoms with Crippen LogP contribution in [-0.4, -0.2) is 62.8 Å². The van der Waals surface area contributed by atoms with E-state index in [4.69, 9.17) is 23.4 Å². The summed E-state index contributed by atoms with van der Waals surface area (Å²) in [7, 11) is -1.91. The lowest BCUT2D eigenvalue weighted by molar-refractivity contribution is -0.191. The minimum Gasteiger partial charge on any atom is -0.456 e. The van der Waals surface area contributed by atoms with Gasteiger partial charge >= 0.3 is 5.97 Å². The van der Waals surface area contributed by atoms with Crippen LogP contribution in [0.5, 0.6) is 0 Å². The highest BCUT2D eigenvalue weighted by molar-refractivity contribution is 7.99. The molecule has 0 aliphatic carbocycles. The van der Waals surface area contributed by atoms with E-state index in [1.165, 1.54) is 18.7 Å². The van der Waals surface area contributed by atoms with Crippen LogP contribution in [0, 0.1) is 0 Å². The van der Waals surface area contributed by atoms with E-state index in [-0.39, 0.29) is 34.8 Å². The fraction of sp³-hybridized carbons (Fsp3) is 0.944. The largest absolute Gasteiger partial charge is 0.456 e. The van der Waals surface area contributed by atoms with Gasteiger partial charge in [-0.3, -0.25) is 4.79 Å². The van der Waals surface area contributed by atoms with Gasteiger partial charge in [-0.25, -0.2) is 0 Å². The van der Waals surface area contributed by atoms with Gasteiger partial charge in [-0.05, 0) is 38.2 Å². The van der Waals surface area contributed by atoms with Gasteiger partial charge in [-0.15, -0.1) is 11.8 Å². The summed E-state index contributed by atoms with van der Waals surface area (Å²) in [4.78, 5) is 11.6. The number of esters is 1. The zero-order valence-corrected chi connectivity index (χ0v) is 19.3. The first-order chi connectivity index (χ1) is 11.8. The van der Waals surface area contributed by atoms with E-state index in [2.05, 4.69) is 33.9 Å². The van der Waals surface area contributed by atoms with E-state index in [9.17, 15) is 4.79 Å². The number of carbonyl (C=O) groups is 1. The van der Waals surface area contributed by atoms with E-state index < -0.39 is 20.2 Å². The Kier molecular flexibility index (Phi) is 6.58. The van der Waals surface area contributed by atoms with Gasteiger partial charge in [0.25, 0.3) is 0 Å². The average molecular weight is 407 g/mol. The van der Waals surface area contributed by atoms with Crippen molar-refractivity contribution < 1.29 is 28.2 Å². The molecule has 2 rings (SSSR count). The third-order valence-electron chi connectivity index (χ3n) is 5.38. The minimum absolute atomic E-state index is 0.118. The molecule has 26 heavy (non-hydrogen) atoms. The van der Waals surface area contributed by atoms with Crippen LogP contribution in [0.15, 0.2) is 0 Å². The molecule has 0 aromatic carbocycles. The van der Waals surface area contributed by atoms with Crippen LogP contribution >= 0.6 is 11.8 Å². The third kappa shape index (κ3) is 4.83. The van der Waals surface area contributed by atoms with Crippen LogP contribution in [0.2, 0.25) is 18.1 Å². The fourth-order valence-corrected chi connectivity index (χ4v) is 4.73. The molecule has 0 amide bonds. The summed E-state index contributed by atoms with van der Waals surface area (Å²) in [6.45, 7) is 16.7. The van der Waals surface area contributed by atoms with Crippen LogP contribution in [0.4, 0.5) is 0 Å². The van der Waals surface area contributed by atoms with Crippen molar-refractivity contribution in [3.05, 3.63) is 0 Å². The van der Waals surface area contributed by atoms with E-state index in [0.29, 0.717) is 6.61 Å². The molecule has 2 fully saturated rings. The van der Waals surface area contributed by atoms with Crippen molar-refractivity contribution in [1.29, 1.82) is 0 Å². The SMILES string of the molecule is CSC1O[C@H](CO[Si](C)(C)C(C)(C)C)[C@@H]2OC(C)(C)O[C@@H]2[C@H]1OC(C)=O. The number of carbonyl (C=O) groups excluding carboxylic acids is 1. The molecule has 0 saturated carbocycles. The molecular formula is C18H34O6SSi. The molecule has 0 aromatic rings. The Balaban J connectivity index is 2.19. The number of thioether (sulfide) groups is 1. The second kappa shape index (κ2) is 7.71. The van der Waals surface area contributed by atoms with E-state index in [1.807, 2.05) is 20.1 Å². The molecule has 1 unspecified atom stereocenters. The first-order valence-corrected chi connectivity index (χ1v) is 13.3. The van der Waals surface area contributed by atoms with Gasteiger partial charge in [0.05, 0.1) is 6.61 Å². The maximum absolute atomic E-state index is 11.6. The van der Waals surface area contributed by atoms with Crippen LogP contribution in [-0.2, 0) is 28.2 Å². The highest BCUT2D eigenvalue weighted by Gasteiger charge is 2.56. The lowest BCUT2D eigenvalue weighted by atomic mass is 10.0. The first-order valence-electron chi connectivity index (χ1n) is 9.12. The first kappa shape index (κ1) is 22.2. The molecule has 2 heterocycles. The number of rotatable bonds is 5. The summed E-state index contributed by atoms with van der Waals surface area (Å²) in [5, 5.41) is 0.118. The van der Waals surface area contributed by atoms with Crippen LogP contribution in [0.3, 0.4) is 0 Å². The van der Waals surface area contributed by atoms with Crippen LogP contribution in [0.25, 0.3) is 0 Å². The minimum atomic E-state index is -1.91. The summed E-state index contributed by atoms with van der Waals surface area (Å²) < 4.78 is 30.3. The molecule has 2 aliphatic rings. The maximum atomic E-state index is 11.6. The highest BCUT2D eigenvalue weighted by atomic mass is 32.2. The molecule has 6 nitrogen and oxygen atoms in total. The van der Waals surface area contributed by atoms with Crippen molar-refractivity contribution in [2.45, 2.75) is 95.3 Å². The summed E-state index contributed by atoms with van der Waals surface area (Å²) >= 11 is 1.51. The lowest BCUT2D eigenvalue weighted by Crippen LogP contribution is -2.58. The molecule has 8 heteroatoms. The van der Waals surface area contributed by atoms with Crippen molar-refractivity contribution in [3.63, 3.8) is 0 Å². The van der Waals surface area contributed by atoms with Crippen molar-refractivity contribution in [3.8, 4) is 0 Å². The predicted molar refractivity (Wildman–Crippen MR) is 105 cm³/mol. The fourth-order valence-electron chi connectivity index (χ4n) is 2.99. The van der Waals surface area contributed by atoms with Gasteiger partial charge in [0.2, 0.25) is 0 Å². The molecule has 0 spiro atoms. The van der Waals surface area contributed by atoms with Crippen molar-refractivity contribution in [2.75, 3.05) is 12.9 Å². The van der Waals surface area contributed by atoms with Crippen molar-refractivity contribution in [2.24, 2.45) is 0 Å². The summed E-state index contributed by atoms with van der Waals surface area (Å²) in [5.41, 5.74) is -0.314. The van der Waals surface area contributed by atoms with Gasteiger partial charge in [0.15, 0.2) is 20.2 Å². The number of fused-ring (bicyclic) bond motifs is 1. The molecule has 2 aliphatic heterocycles. The lowest BCUT2D eigenvalue weighted by Gasteiger charge is -2.43. The van der Waals surface area contributed by atoms with E-state index in [1.54, 1.807) is 0 Å². The van der Waals surface area contributed by atoms with E-state index in [0.717, 1.165) is 0 Å². The molecule has 5 atom stereocenters. The van der Waals surface area contributed by atoms with Crippen LogP contribution in [0.1, 0.15) is 41.5 Å². The van der Waals surface area contributed by atoms with Gasteiger partial charge < -0.3 is 23.4 Å². The smallest absolute Gasteiger partial charge is 0.303 e. The zero-order chi connectivity index (χ0) is 19.9. The highest BCUT2D eigenvalue weighted by Crippen LogP contribution is 2.42. The van der Waals surface area contributed by atoms with Gasteiger partial charge in [0, 0.05) is 6.92 Å². The summed E-state index contributed by atoms with van der Waals surface area (Å²) in [6, 6.07) is 0.